The van der Waals surface area contributed by atoms with E-state index in [1.807, 2.05) is 13.0 Å². The number of carboxylic acids is 1. The Morgan fingerprint density at radius 2 is 2.21 bits per heavy atom. The van der Waals surface area contributed by atoms with Crippen LogP contribution in [0.1, 0.15) is 36.2 Å². The minimum atomic E-state index is -0.883. The van der Waals surface area contributed by atoms with Crippen molar-refractivity contribution in [2.75, 3.05) is 0 Å². The molecule has 1 rings (SSSR count). The van der Waals surface area contributed by atoms with E-state index in [9.17, 15) is 4.79 Å². The first-order chi connectivity index (χ1) is 6.47. The molecule has 1 aromatic carbocycles. The van der Waals surface area contributed by atoms with Crippen LogP contribution in [0.3, 0.4) is 0 Å². The van der Waals surface area contributed by atoms with Crippen LogP contribution in [0.5, 0.6) is 0 Å². The van der Waals surface area contributed by atoms with Gasteiger partial charge in [-0.05, 0) is 31.0 Å². The monoisotopic (exact) mass is 256 g/mol. The number of aromatic carboxylic acids is 1. The minimum Gasteiger partial charge on any atom is -0.478 e. The van der Waals surface area contributed by atoms with E-state index in [4.69, 9.17) is 5.11 Å². The van der Waals surface area contributed by atoms with Crippen LogP contribution in [-0.2, 0) is 4.32 Å². The van der Waals surface area contributed by atoms with Crippen LogP contribution >= 0.6 is 15.9 Å². The molecule has 0 bridgehead atoms. The van der Waals surface area contributed by atoms with Crippen molar-refractivity contribution >= 4 is 21.9 Å². The topological polar surface area (TPSA) is 37.3 Å². The van der Waals surface area contributed by atoms with Crippen molar-refractivity contribution in [1.29, 1.82) is 0 Å². The summed E-state index contributed by atoms with van der Waals surface area (Å²) in [6.07, 6.45) is 0.913. The molecule has 0 aliphatic carbocycles. The fourth-order valence-electron chi connectivity index (χ4n) is 1.18. The Labute approximate surface area is 92.1 Å². The number of alkyl halides is 1. The van der Waals surface area contributed by atoms with Gasteiger partial charge in [0, 0.05) is 4.32 Å². The zero-order valence-electron chi connectivity index (χ0n) is 8.25. The molecule has 76 valence electrons. The Hall–Kier alpha value is -0.830. The Kier molecular flexibility index (Phi) is 3.32. The van der Waals surface area contributed by atoms with E-state index in [2.05, 4.69) is 22.9 Å². The smallest absolute Gasteiger partial charge is 0.335 e. The highest BCUT2D eigenvalue weighted by molar-refractivity contribution is 9.09. The molecule has 0 aliphatic rings. The van der Waals surface area contributed by atoms with E-state index >= 15 is 0 Å². The number of benzene rings is 1. The molecule has 1 atom stereocenters. The Morgan fingerprint density at radius 3 is 2.71 bits per heavy atom. The molecule has 0 saturated heterocycles. The second kappa shape index (κ2) is 4.13. The molecule has 1 aromatic rings. The molecule has 0 heterocycles. The Bertz CT molecular complexity index is 345. The number of carboxylic acid groups (broad SMARTS) is 1. The molecule has 1 unspecified atom stereocenters. The third-order valence-corrected chi connectivity index (χ3v) is 3.39. The van der Waals surface area contributed by atoms with Crippen LogP contribution in [0.25, 0.3) is 0 Å². The zero-order chi connectivity index (χ0) is 10.8. The number of hydrogen-bond acceptors (Lipinski definition) is 1. The van der Waals surface area contributed by atoms with Gasteiger partial charge in [-0.2, -0.15) is 0 Å². The average Bonchev–Trinajstić information content (AvgIpc) is 2.18. The first-order valence-corrected chi connectivity index (χ1v) is 5.29. The van der Waals surface area contributed by atoms with Crippen molar-refractivity contribution < 1.29 is 9.90 Å². The second-order valence-corrected chi connectivity index (χ2v) is 5.19. The van der Waals surface area contributed by atoms with Crippen molar-refractivity contribution in [2.45, 2.75) is 24.6 Å². The van der Waals surface area contributed by atoms with Crippen LogP contribution in [0.2, 0.25) is 0 Å². The summed E-state index contributed by atoms with van der Waals surface area (Å²) < 4.78 is -0.140. The van der Waals surface area contributed by atoms with E-state index in [1.165, 1.54) is 0 Å². The molecule has 0 aromatic heterocycles. The van der Waals surface area contributed by atoms with Crippen LogP contribution in [0.4, 0.5) is 0 Å². The van der Waals surface area contributed by atoms with Crippen LogP contribution in [0, 0.1) is 0 Å². The SMILES string of the molecule is CCC(C)(Br)c1cccc(C(=O)O)c1. The maximum atomic E-state index is 10.8. The van der Waals surface area contributed by atoms with Gasteiger partial charge in [0.15, 0.2) is 0 Å². The largest absolute Gasteiger partial charge is 0.478 e. The van der Waals surface area contributed by atoms with Crippen molar-refractivity contribution in [1.82, 2.24) is 0 Å². The third-order valence-electron chi connectivity index (χ3n) is 2.38. The van der Waals surface area contributed by atoms with Gasteiger partial charge < -0.3 is 5.11 Å². The van der Waals surface area contributed by atoms with E-state index < -0.39 is 5.97 Å². The van der Waals surface area contributed by atoms with Gasteiger partial charge in [0.1, 0.15) is 0 Å². The molecule has 0 radical (unpaired) electrons. The summed E-state index contributed by atoms with van der Waals surface area (Å²) in [5.41, 5.74) is 1.33. The summed E-state index contributed by atoms with van der Waals surface area (Å²) in [6, 6.07) is 7.02. The normalized spacial score (nSPS) is 14.8. The molecular formula is C11H13BrO2. The van der Waals surface area contributed by atoms with Gasteiger partial charge in [0.2, 0.25) is 0 Å². The molecule has 2 nitrogen and oxygen atoms in total. The van der Waals surface area contributed by atoms with Gasteiger partial charge in [0.05, 0.1) is 5.56 Å². The van der Waals surface area contributed by atoms with Gasteiger partial charge in [-0.25, -0.2) is 4.79 Å². The lowest BCUT2D eigenvalue weighted by Gasteiger charge is -2.21. The minimum absolute atomic E-state index is 0.140. The predicted octanol–water partition coefficient (Wildman–Crippen LogP) is 3.40. The Morgan fingerprint density at radius 1 is 1.57 bits per heavy atom. The molecule has 0 amide bonds. The molecule has 0 aliphatic heterocycles. The highest BCUT2D eigenvalue weighted by Gasteiger charge is 2.20. The Balaban J connectivity index is 3.12. The summed E-state index contributed by atoms with van der Waals surface area (Å²) >= 11 is 3.58. The van der Waals surface area contributed by atoms with Gasteiger partial charge >= 0.3 is 5.97 Å². The second-order valence-electron chi connectivity index (χ2n) is 3.44. The molecule has 14 heavy (non-hydrogen) atoms. The highest BCUT2D eigenvalue weighted by atomic mass is 79.9. The summed E-state index contributed by atoms with van der Waals surface area (Å²) in [5, 5.41) is 8.83. The lowest BCUT2D eigenvalue weighted by atomic mass is 9.97. The predicted molar refractivity (Wildman–Crippen MR) is 60.0 cm³/mol. The molecular weight excluding hydrogens is 244 g/mol. The van der Waals surface area contributed by atoms with Crippen molar-refractivity contribution in [2.24, 2.45) is 0 Å². The third kappa shape index (κ3) is 2.35. The van der Waals surface area contributed by atoms with Crippen LogP contribution in [0.15, 0.2) is 24.3 Å². The highest BCUT2D eigenvalue weighted by Crippen LogP contribution is 2.34. The number of halogens is 1. The number of hydrogen-bond donors (Lipinski definition) is 1. The zero-order valence-corrected chi connectivity index (χ0v) is 9.84. The van der Waals surface area contributed by atoms with Crippen molar-refractivity contribution in [3.8, 4) is 0 Å². The van der Waals surface area contributed by atoms with Crippen molar-refractivity contribution in [3.63, 3.8) is 0 Å². The van der Waals surface area contributed by atoms with E-state index in [1.54, 1.807) is 18.2 Å². The average molecular weight is 257 g/mol. The first-order valence-electron chi connectivity index (χ1n) is 4.50. The maximum Gasteiger partial charge on any atom is 0.335 e. The maximum absolute atomic E-state index is 10.8. The number of carbonyl (C=O) groups is 1. The summed E-state index contributed by atoms with van der Waals surface area (Å²) in [6.45, 7) is 4.09. The van der Waals surface area contributed by atoms with Crippen molar-refractivity contribution in [3.05, 3.63) is 35.4 Å². The standard InChI is InChI=1S/C11H13BrO2/c1-3-11(2,12)9-6-4-5-8(7-9)10(13)14/h4-7H,3H2,1-2H3,(H,13,14). The van der Waals surface area contributed by atoms with E-state index in [-0.39, 0.29) is 4.32 Å². The quantitative estimate of drug-likeness (QED) is 0.842. The number of rotatable bonds is 3. The van der Waals surface area contributed by atoms with Crippen LogP contribution < -0.4 is 0 Å². The molecule has 0 spiro atoms. The summed E-state index contributed by atoms with van der Waals surface area (Å²) in [7, 11) is 0. The van der Waals surface area contributed by atoms with Gasteiger partial charge in [-0.3, -0.25) is 0 Å². The summed E-state index contributed by atoms with van der Waals surface area (Å²) in [4.78, 5) is 10.8. The molecule has 3 heteroatoms. The van der Waals surface area contributed by atoms with E-state index in [0.717, 1.165) is 12.0 Å². The first kappa shape index (κ1) is 11.2. The molecule has 0 saturated carbocycles. The molecule has 0 fully saturated rings. The summed E-state index contributed by atoms with van der Waals surface area (Å²) in [5.74, 6) is -0.883. The van der Waals surface area contributed by atoms with Crippen LogP contribution in [-0.4, -0.2) is 11.1 Å². The van der Waals surface area contributed by atoms with Gasteiger partial charge in [-0.15, -0.1) is 0 Å². The fraction of sp³-hybridized carbons (Fsp3) is 0.364. The fourth-order valence-corrected chi connectivity index (χ4v) is 1.43. The van der Waals surface area contributed by atoms with Gasteiger partial charge in [-0.1, -0.05) is 35.0 Å². The lowest BCUT2D eigenvalue weighted by Crippen LogP contribution is -2.12. The van der Waals surface area contributed by atoms with E-state index in [0.29, 0.717) is 5.56 Å². The molecule has 1 N–H and O–H groups in total. The lowest BCUT2D eigenvalue weighted by molar-refractivity contribution is 0.0696. The van der Waals surface area contributed by atoms with Gasteiger partial charge in [0.25, 0.3) is 0 Å².